The molecule has 2 aliphatic rings. The highest BCUT2D eigenvalue weighted by Gasteiger charge is 2.30. The van der Waals surface area contributed by atoms with E-state index >= 15 is 0 Å². The van der Waals surface area contributed by atoms with Gasteiger partial charge in [-0.1, -0.05) is 0 Å². The van der Waals surface area contributed by atoms with E-state index in [2.05, 4.69) is 4.90 Å². The van der Waals surface area contributed by atoms with Gasteiger partial charge in [-0.2, -0.15) is 0 Å². The first-order chi connectivity index (χ1) is 12.0. The Labute approximate surface area is 149 Å². The fraction of sp³-hybridized carbons (Fsp3) is 0.684. The van der Waals surface area contributed by atoms with Gasteiger partial charge in [0.15, 0.2) is 5.43 Å². The van der Waals surface area contributed by atoms with Gasteiger partial charge in [0.1, 0.15) is 5.69 Å². The maximum absolute atomic E-state index is 12.8. The summed E-state index contributed by atoms with van der Waals surface area (Å²) in [6.45, 7) is 5.65. The summed E-state index contributed by atoms with van der Waals surface area (Å²) in [6, 6.07) is 3.49. The molecule has 1 aromatic heterocycles. The molecule has 0 spiro atoms. The summed E-state index contributed by atoms with van der Waals surface area (Å²) < 4.78 is 1.80. The second kappa shape index (κ2) is 7.70. The molecule has 2 aliphatic heterocycles. The van der Waals surface area contributed by atoms with E-state index in [1.165, 1.54) is 6.07 Å². The van der Waals surface area contributed by atoms with E-state index in [0.717, 1.165) is 57.6 Å². The minimum atomic E-state index is -0.114. The van der Waals surface area contributed by atoms with Gasteiger partial charge in [0.25, 0.3) is 5.91 Å². The molecular formula is C19H29N3O3. The summed E-state index contributed by atoms with van der Waals surface area (Å²) in [5.74, 6) is 0.351. The van der Waals surface area contributed by atoms with Crippen LogP contribution >= 0.6 is 0 Å². The Balaban J connectivity index is 1.62. The van der Waals surface area contributed by atoms with Crippen LogP contribution < -0.4 is 5.43 Å². The molecule has 2 saturated heterocycles. The van der Waals surface area contributed by atoms with Gasteiger partial charge in [0.2, 0.25) is 0 Å². The average molecular weight is 347 g/mol. The van der Waals surface area contributed by atoms with Crippen LogP contribution in [0.2, 0.25) is 0 Å². The molecule has 1 amide bonds. The van der Waals surface area contributed by atoms with E-state index in [4.69, 9.17) is 0 Å². The highest BCUT2D eigenvalue weighted by molar-refractivity contribution is 5.92. The maximum Gasteiger partial charge on any atom is 0.270 e. The van der Waals surface area contributed by atoms with E-state index in [1.54, 1.807) is 10.6 Å². The van der Waals surface area contributed by atoms with Crippen molar-refractivity contribution < 1.29 is 9.90 Å². The minimum Gasteiger partial charge on any atom is -0.396 e. The van der Waals surface area contributed by atoms with E-state index in [1.807, 2.05) is 18.9 Å². The van der Waals surface area contributed by atoms with Crippen molar-refractivity contribution in [2.24, 2.45) is 13.0 Å². The van der Waals surface area contributed by atoms with Gasteiger partial charge in [0.05, 0.1) is 0 Å². The monoisotopic (exact) mass is 347 g/mol. The molecule has 2 fully saturated rings. The quantitative estimate of drug-likeness (QED) is 0.886. The number of amides is 1. The third-order valence-electron chi connectivity index (χ3n) is 5.82. The summed E-state index contributed by atoms with van der Waals surface area (Å²) >= 11 is 0. The van der Waals surface area contributed by atoms with Crippen LogP contribution in [-0.2, 0) is 7.05 Å². The Hall–Kier alpha value is -1.66. The molecule has 0 aromatic carbocycles. The number of pyridine rings is 1. The number of aliphatic hydroxyl groups excluding tert-OH is 1. The number of piperidine rings is 2. The molecule has 25 heavy (non-hydrogen) atoms. The molecule has 3 rings (SSSR count). The minimum absolute atomic E-state index is 0.0476. The van der Waals surface area contributed by atoms with Crippen LogP contribution in [0.1, 0.15) is 41.9 Å². The van der Waals surface area contributed by atoms with Gasteiger partial charge in [-0.05, 0) is 45.1 Å². The predicted molar refractivity (Wildman–Crippen MR) is 96.7 cm³/mol. The topological polar surface area (TPSA) is 65.8 Å². The lowest BCUT2D eigenvalue weighted by atomic mass is 9.94. The molecule has 1 atom stereocenters. The van der Waals surface area contributed by atoms with Crippen molar-refractivity contribution >= 4 is 5.91 Å². The fourth-order valence-corrected chi connectivity index (χ4v) is 4.15. The van der Waals surface area contributed by atoms with Crippen molar-refractivity contribution in [1.82, 2.24) is 14.4 Å². The molecule has 3 heterocycles. The number of hydrogen-bond acceptors (Lipinski definition) is 4. The number of hydrogen-bond donors (Lipinski definition) is 1. The Morgan fingerprint density at radius 1 is 1.20 bits per heavy atom. The number of aromatic nitrogens is 1. The highest BCUT2D eigenvalue weighted by Crippen LogP contribution is 2.24. The van der Waals surface area contributed by atoms with Crippen LogP contribution in [0.5, 0.6) is 0 Å². The Bertz CT molecular complexity index is 677. The van der Waals surface area contributed by atoms with Gasteiger partial charge in [0, 0.05) is 57.2 Å². The largest absolute Gasteiger partial charge is 0.396 e. The van der Waals surface area contributed by atoms with Gasteiger partial charge in [-0.25, -0.2) is 0 Å². The van der Waals surface area contributed by atoms with Gasteiger partial charge in [-0.15, -0.1) is 0 Å². The Kier molecular flexibility index (Phi) is 5.59. The van der Waals surface area contributed by atoms with Crippen molar-refractivity contribution in [1.29, 1.82) is 0 Å². The summed E-state index contributed by atoms with van der Waals surface area (Å²) in [5, 5.41) is 9.41. The zero-order valence-electron chi connectivity index (χ0n) is 15.3. The lowest BCUT2D eigenvalue weighted by molar-refractivity contribution is 0.0449. The average Bonchev–Trinajstić information content (AvgIpc) is 2.64. The van der Waals surface area contributed by atoms with Crippen LogP contribution in [0.15, 0.2) is 16.9 Å². The van der Waals surface area contributed by atoms with E-state index in [9.17, 15) is 14.7 Å². The zero-order chi connectivity index (χ0) is 18.0. The molecule has 0 saturated carbocycles. The number of rotatable bonds is 3. The van der Waals surface area contributed by atoms with Gasteiger partial charge >= 0.3 is 0 Å². The van der Waals surface area contributed by atoms with Gasteiger partial charge in [-0.3, -0.25) is 14.5 Å². The third-order valence-corrected chi connectivity index (χ3v) is 5.82. The number of carbonyl (C=O) groups excluding carboxylic acids is 1. The number of carbonyl (C=O) groups is 1. The summed E-state index contributed by atoms with van der Waals surface area (Å²) in [7, 11) is 1.83. The molecule has 138 valence electrons. The standard InChI is InChI=1S/C19H29N3O3/c1-14-10-17(24)11-18(20(14)2)19(25)21-8-5-16(6-9-21)22-7-3-4-15(12-22)13-23/h10-11,15-16,23H,3-9,12-13H2,1-2H3. The number of aliphatic hydroxyl groups is 1. The van der Waals surface area contributed by atoms with Gasteiger partial charge < -0.3 is 14.6 Å². The molecule has 1 N–H and O–H groups in total. The van der Waals surface area contributed by atoms with Crippen LogP contribution in [-0.4, -0.2) is 64.2 Å². The third kappa shape index (κ3) is 3.96. The first kappa shape index (κ1) is 18.1. The number of likely N-dealkylation sites (tertiary alicyclic amines) is 2. The van der Waals surface area contributed by atoms with Crippen LogP contribution in [0, 0.1) is 12.8 Å². The normalized spacial score (nSPS) is 23.0. The van der Waals surface area contributed by atoms with E-state index in [-0.39, 0.29) is 17.9 Å². The second-order valence-electron chi connectivity index (χ2n) is 7.49. The first-order valence-corrected chi connectivity index (χ1v) is 9.31. The molecule has 1 unspecified atom stereocenters. The Morgan fingerprint density at radius 3 is 2.60 bits per heavy atom. The van der Waals surface area contributed by atoms with Crippen molar-refractivity contribution in [3.63, 3.8) is 0 Å². The van der Waals surface area contributed by atoms with Crippen molar-refractivity contribution in [2.45, 2.75) is 38.6 Å². The molecule has 6 heteroatoms. The lowest BCUT2D eigenvalue weighted by Gasteiger charge is -2.42. The summed E-state index contributed by atoms with van der Waals surface area (Å²) in [6.07, 6.45) is 4.19. The maximum atomic E-state index is 12.8. The summed E-state index contributed by atoms with van der Waals surface area (Å²) in [4.78, 5) is 29.0. The molecule has 6 nitrogen and oxygen atoms in total. The molecule has 0 aliphatic carbocycles. The van der Waals surface area contributed by atoms with E-state index in [0.29, 0.717) is 17.7 Å². The predicted octanol–water partition coefficient (Wildman–Crippen LogP) is 1.00. The zero-order valence-corrected chi connectivity index (χ0v) is 15.3. The highest BCUT2D eigenvalue weighted by atomic mass is 16.3. The Morgan fingerprint density at radius 2 is 1.92 bits per heavy atom. The number of aryl methyl sites for hydroxylation is 1. The molecular weight excluding hydrogens is 318 g/mol. The van der Waals surface area contributed by atoms with Crippen LogP contribution in [0.25, 0.3) is 0 Å². The molecule has 0 bridgehead atoms. The van der Waals surface area contributed by atoms with Crippen molar-refractivity contribution in [2.75, 3.05) is 32.8 Å². The second-order valence-corrected chi connectivity index (χ2v) is 7.49. The molecule has 1 aromatic rings. The smallest absolute Gasteiger partial charge is 0.270 e. The SMILES string of the molecule is Cc1cc(=O)cc(C(=O)N2CCC(N3CCCC(CO)C3)CC2)n1C. The summed E-state index contributed by atoms with van der Waals surface area (Å²) in [5.41, 5.74) is 1.16. The van der Waals surface area contributed by atoms with Crippen LogP contribution in [0.4, 0.5) is 0 Å². The van der Waals surface area contributed by atoms with Crippen LogP contribution in [0.3, 0.4) is 0 Å². The fourth-order valence-electron chi connectivity index (χ4n) is 4.15. The van der Waals surface area contributed by atoms with Crippen molar-refractivity contribution in [3.05, 3.63) is 33.7 Å². The van der Waals surface area contributed by atoms with Crippen molar-refractivity contribution in [3.8, 4) is 0 Å². The lowest BCUT2D eigenvalue weighted by Crippen LogP contribution is -2.50. The first-order valence-electron chi connectivity index (χ1n) is 9.31. The molecule has 0 radical (unpaired) electrons. The van der Waals surface area contributed by atoms with E-state index < -0.39 is 0 Å². The number of nitrogens with zero attached hydrogens (tertiary/aromatic N) is 3.